The van der Waals surface area contributed by atoms with Gasteiger partial charge in [0.2, 0.25) is 5.91 Å². The molecule has 0 aromatic carbocycles. The molecule has 0 radical (unpaired) electrons. The van der Waals surface area contributed by atoms with Gasteiger partial charge in [-0.05, 0) is 43.4 Å². The molecule has 2 N–H and O–H groups in total. The third kappa shape index (κ3) is 4.55. The second kappa shape index (κ2) is 8.51. The van der Waals surface area contributed by atoms with E-state index in [1.54, 1.807) is 11.8 Å². The largest absolute Gasteiger partial charge is 0.376 e. The normalized spacial score (nSPS) is 27.7. The fourth-order valence-electron chi connectivity index (χ4n) is 2.78. The van der Waals surface area contributed by atoms with E-state index in [0.29, 0.717) is 6.04 Å². The van der Waals surface area contributed by atoms with Crippen molar-refractivity contribution in [2.45, 2.75) is 43.9 Å². The van der Waals surface area contributed by atoms with Crippen LogP contribution in [0.5, 0.6) is 0 Å². The molecule has 116 valence electrons. The SMILES string of the molecule is CSCC[C@@H](N)C(=O)N(CC1CCCO1)C1CCSC1. The number of carbonyl (C=O) groups excluding carboxylic acids is 1. The molecule has 0 aromatic rings. The number of carbonyl (C=O) groups is 1. The second-order valence-corrected chi connectivity index (χ2v) is 7.67. The molecule has 2 rings (SSSR count). The average Bonchev–Trinajstić information content (AvgIpc) is 3.13. The fourth-order valence-corrected chi connectivity index (χ4v) is 4.49. The highest BCUT2D eigenvalue weighted by Crippen LogP contribution is 2.25. The van der Waals surface area contributed by atoms with Gasteiger partial charge < -0.3 is 15.4 Å². The van der Waals surface area contributed by atoms with Crippen molar-refractivity contribution in [1.29, 1.82) is 0 Å². The van der Waals surface area contributed by atoms with E-state index in [4.69, 9.17) is 10.5 Å². The van der Waals surface area contributed by atoms with Gasteiger partial charge in [-0.2, -0.15) is 23.5 Å². The minimum Gasteiger partial charge on any atom is -0.376 e. The van der Waals surface area contributed by atoms with E-state index >= 15 is 0 Å². The lowest BCUT2D eigenvalue weighted by Crippen LogP contribution is -2.51. The van der Waals surface area contributed by atoms with Crippen molar-refractivity contribution in [3.8, 4) is 0 Å². The van der Waals surface area contributed by atoms with Gasteiger partial charge in [-0.3, -0.25) is 4.79 Å². The van der Waals surface area contributed by atoms with Crippen molar-refractivity contribution >= 4 is 29.4 Å². The van der Waals surface area contributed by atoms with E-state index in [1.807, 2.05) is 16.7 Å². The summed E-state index contributed by atoms with van der Waals surface area (Å²) in [5.74, 6) is 3.27. The maximum absolute atomic E-state index is 12.7. The Balaban J connectivity index is 1.94. The predicted molar refractivity (Wildman–Crippen MR) is 87.4 cm³/mol. The number of hydrogen-bond donors (Lipinski definition) is 1. The molecule has 2 saturated heterocycles. The molecule has 0 saturated carbocycles. The van der Waals surface area contributed by atoms with E-state index in [1.165, 1.54) is 0 Å². The van der Waals surface area contributed by atoms with Crippen LogP contribution >= 0.6 is 23.5 Å². The fraction of sp³-hybridized carbons (Fsp3) is 0.929. The number of amides is 1. The zero-order valence-corrected chi connectivity index (χ0v) is 13.9. The van der Waals surface area contributed by atoms with Gasteiger partial charge in [0.15, 0.2) is 0 Å². The highest BCUT2D eigenvalue weighted by atomic mass is 32.2. The minimum atomic E-state index is -0.352. The van der Waals surface area contributed by atoms with Crippen LogP contribution in [0, 0.1) is 0 Å². The van der Waals surface area contributed by atoms with Crippen molar-refractivity contribution in [3.05, 3.63) is 0 Å². The Morgan fingerprint density at radius 3 is 3.00 bits per heavy atom. The summed E-state index contributed by atoms with van der Waals surface area (Å²) in [6.07, 6.45) is 6.32. The molecular formula is C14H26N2O2S2. The molecule has 2 fully saturated rings. The summed E-state index contributed by atoms with van der Waals surface area (Å²) in [4.78, 5) is 14.7. The number of hydrogen-bond acceptors (Lipinski definition) is 5. The minimum absolute atomic E-state index is 0.127. The smallest absolute Gasteiger partial charge is 0.239 e. The summed E-state index contributed by atoms with van der Waals surface area (Å²) in [6, 6.07) is 0.00600. The first-order valence-electron chi connectivity index (χ1n) is 7.46. The molecule has 0 aromatic heterocycles. The van der Waals surface area contributed by atoms with Crippen LogP contribution in [-0.4, -0.2) is 65.7 Å². The van der Waals surface area contributed by atoms with Crippen molar-refractivity contribution in [2.75, 3.05) is 36.7 Å². The Morgan fingerprint density at radius 1 is 1.55 bits per heavy atom. The monoisotopic (exact) mass is 318 g/mol. The van der Waals surface area contributed by atoms with Gasteiger partial charge in [-0.15, -0.1) is 0 Å². The third-order valence-electron chi connectivity index (χ3n) is 4.00. The van der Waals surface area contributed by atoms with Crippen molar-refractivity contribution in [2.24, 2.45) is 5.73 Å². The summed E-state index contributed by atoms with van der Waals surface area (Å²) >= 11 is 3.68. The number of rotatable bonds is 7. The van der Waals surface area contributed by atoms with Crippen LogP contribution < -0.4 is 5.73 Å². The van der Waals surface area contributed by atoms with Gasteiger partial charge in [0.05, 0.1) is 12.1 Å². The first-order valence-corrected chi connectivity index (χ1v) is 10.0. The quantitative estimate of drug-likeness (QED) is 0.772. The van der Waals surface area contributed by atoms with Crippen LogP contribution in [0.1, 0.15) is 25.7 Å². The van der Waals surface area contributed by atoms with E-state index in [0.717, 1.165) is 56.1 Å². The second-order valence-electron chi connectivity index (χ2n) is 5.53. The summed E-state index contributed by atoms with van der Waals surface area (Å²) in [5.41, 5.74) is 6.09. The molecule has 2 aliphatic rings. The van der Waals surface area contributed by atoms with Crippen LogP contribution in [0.25, 0.3) is 0 Å². The maximum Gasteiger partial charge on any atom is 0.239 e. The van der Waals surface area contributed by atoms with E-state index < -0.39 is 0 Å². The molecule has 2 aliphatic heterocycles. The lowest BCUT2D eigenvalue weighted by atomic mass is 10.1. The van der Waals surface area contributed by atoms with Crippen LogP contribution in [0.15, 0.2) is 0 Å². The Bertz CT molecular complexity index is 306. The first-order chi connectivity index (χ1) is 9.72. The molecule has 20 heavy (non-hydrogen) atoms. The molecule has 3 atom stereocenters. The topological polar surface area (TPSA) is 55.6 Å². The molecule has 2 heterocycles. The van der Waals surface area contributed by atoms with Gasteiger partial charge in [0, 0.05) is 24.9 Å². The van der Waals surface area contributed by atoms with E-state index in [9.17, 15) is 4.79 Å². The molecule has 0 bridgehead atoms. The van der Waals surface area contributed by atoms with Crippen LogP contribution in [0.2, 0.25) is 0 Å². The maximum atomic E-state index is 12.7. The molecular weight excluding hydrogens is 292 g/mol. The third-order valence-corrected chi connectivity index (χ3v) is 5.79. The zero-order valence-electron chi connectivity index (χ0n) is 12.3. The van der Waals surface area contributed by atoms with Crippen LogP contribution in [0.3, 0.4) is 0 Å². The number of nitrogens with two attached hydrogens (primary N) is 1. The number of ether oxygens (including phenoxy) is 1. The van der Waals surface area contributed by atoms with Gasteiger partial charge in [-0.25, -0.2) is 0 Å². The molecule has 0 aliphatic carbocycles. The molecule has 4 nitrogen and oxygen atoms in total. The average molecular weight is 319 g/mol. The summed E-state index contributed by atoms with van der Waals surface area (Å²) in [7, 11) is 0. The summed E-state index contributed by atoms with van der Waals surface area (Å²) in [6.45, 7) is 1.57. The lowest BCUT2D eigenvalue weighted by molar-refractivity contribution is -0.136. The van der Waals surface area contributed by atoms with E-state index in [2.05, 4.69) is 6.26 Å². The van der Waals surface area contributed by atoms with Gasteiger partial charge in [0.1, 0.15) is 0 Å². The standard InChI is InChI=1S/C14H26N2O2S2/c1-19-7-5-13(15)14(17)16(11-4-8-20-10-11)9-12-3-2-6-18-12/h11-13H,2-10,15H2,1H3/t11?,12?,13-/m1/s1. The Kier molecular flexibility index (Phi) is 7.01. The van der Waals surface area contributed by atoms with Crippen LogP contribution in [0.4, 0.5) is 0 Å². The Hall–Kier alpha value is 0.0900. The van der Waals surface area contributed by atoms with Gasteiger partial charge in [-0.1, -0.05) is 0 Å². The van der Waals surface area contributed by atoms with Crippen molar-refractivity contribution < 1.29 is 9.53 Å². The van der Waals surface area contributed by atoms with E-state index in [-0.39, 0.29) is 18.1 Å². The first kappa shape index (κ1) is 16.5. The lowest BCUT2D eigenvalue weighted by Gasteiger charge is -2.32. The predicted octanol–water partition coefficient (Wildman–Crippen LogP) is 1.58. The molecule has 6 heteroatoms. The van der Waals surface area contributed by atoms with Crippen molar-refractivity contribution in [3.63, 3.8) is 0 Å². The highest BCUT2D eigenvalue weighted by molar-refractivity contribution is 7.99. The Morgan fingerprint density at radius 2 is 2.40 bits per heavy atom. The molecule has 0 spiro atoms. The molecule has 2 unspecified atom stereocenters. The number of nitrogens with zero attached hydrogens (tertiary/aromatic N) is 1. The Labute approximate surface area is 130 Å². The van der Waals surface area contributed by atoms with Crippen LogP contribution in [-0.2, 0) is 9.53 Å². The van der Waals surface area contributed by atoms with Crippen molar-refractivity contribution in [1.82, 2.24) is 4.90 Å². The summed E-state index contributed by atoms with van der Waals surface area (Å²) < 4.78 is 5.71. The van der Waals surface area contributed by atoms with Gasteiger partial charge in [0.25, 0.3) is 0 Å². The highest BCUT2D eigenvalue weighted by Gasteiger charge is 2.32. The number of thioether (sulfide) groups is 2. The zero-order chi connectivity index (χ0) is 14.4. The van der Waals surface area contributed by atoms with Gasteiger partial charge >= 0.3 is 0 Å². The molecule has 1 amide bonds. The summed E-state index contributed by atoms with van der Waals surface area (Å²) in [5, 5.41) is 0.